The maximum atomic E-state index is 6.01. The van der Waals surface area contributed by atoms with Crippen LogP contribution in [0.25, 0.3) is 0 Å². The SMILES string of the molecule is CCCC(C)(N)COCC1CC1. The average Bonchev–Trinajstić information content (AvgIpc) is 2.70. The molecule has 0 bridgehead atoms. The van der Waals surface area contributed by atoms with Crippen LogP contribution in [-0.2, 0) is 4.74 Å². The second-order valence-corrected chi connectivity index (χ2v) is 4.36. The lowest BCUT2D eigenvalue weighted by molar-refractivity contribution is 0.0800. The monoisotopic (exact) mass is 171 g/mol. The predicted octanol–water partition coefficient (Wildman–Crippen LogP) is 1.93. The van der Waals surface area contributed by atoms with Gasteiger partial charge in [-0.15, -0.1) is 0 Å². The third-order valence-corrected chi connectivity index (χ3v) is 2.30. The van der Waals surface area contributed by atoms with Gasteiger partial charge in [0.1, 0.15) is 0 Å². The molecule has 1 aliphatic carbocycles. The third kappa shape index (κ3) is 4.07. The van der Waals surface area contributed by atoms with Gasteiger partial charge in [-0.3, -0.25) is 0 Å². The van der Waals surface area contributed by atoms with Gasteiger partial charge in [0.15, 0.2) is 0 Å². The highest BCUT2D eigenvalue weighted by molar-refractivity contribution is 4.78. The van der Waals surface area contributed by atoms with Gasteiger partial charge in [0.25, 0.3) is 0 Å². The van der Waals surface area contributed by atoms with Crippen LogP contribution in [-0.4, -0.2) is 18.8 Å². The first-order valence-electron chi connectivity index (χ1n) is 5.00. The molecule has 1 atom stereocenters. The summed E-state index contributed by atoms with van der Waals surface area (Å²) in [6, 6.07) is 0. The van der Waals surface area contributed by atoms with Gasteiger partial charge in [-0.2, -0.15) is 0 Å². The van der Waals surface area contributed by atoms with Crippen molar-refractivity contribution >= 4 is 0 Å². The van der Waals surface area contributed by atoms with Crippen molar-refractivity contribution in [1.29, 1.82) is 0 Å². The van der Waals surface area contributed by atoms with Crippen molar-refractivity contribution in [2.24, 2.45) is 11.7 Å². The van der Waals surface area contributed by atoms with Gasteiger partial charge < -0.3 is 10.5 Å². The van der Waals surface area contributed by atoms with Crippen LogP contribution in [0.3, 0.4) is 0 Å². The summed E-state index contributed by atoms with van der Waals surface area (Å²) in [5.41, 5.74) is 5.90. The van der Waals surface area contributed by atoms with Gasteiger partial charge in [0.2, 0.25) is 0 Å². The molecule has 0 aliphatic heterocycles. The molecule has 0 spiro atoms. The summed E-state index contributed by atoms with van der Waals surface area (Å²) in [5.74, 6) is 0.849. The van der Waals surface area contributed by atoms with Crippen molar-refractivity contribution in [3.8, 4) is 0 Å². The van der Waals surface area contributed by atoms with Crippen LogP contribution in [0.5, 0.6) is 0 Å². The van der Waals surface area contributed by atoms with E-state index in [1.807, 2.05) is 0 Å². The van der Waals surface area contributed by atoms with Crippen molar-refractivity contribution in [3.63, 3.8) is 0 Å². The Morgan fingerprint density at radius 3 is 2.67 bits per heavy atom. The van der Waals surface area contributed by atoms with E-state index in [0.29, 0.717) is 0 Å². The van der Waals surface area contributed by atoms with E-state index in [4.69, 9.17) is 10.5 Å². The Bertz CT molecular complexity index is 130. The van der Waals surface area contributed by atoms with E-state index in [9.17, 15) is 0 Å². The molecule has 1 fully saturated rings. The largest absolute Gasteiger partial charge is 0.379 e. The first kappa shape index (κ1) is 10.0. The fraction of sp³-hybridized carbons (Fsp3) is 1.00. The third-order valence-electron chi connectivity index (χ3n) is 2.30. The molecule has 0 aromatic heterocycles. The Kier molecular flexibility index (Phi) is 3.53. The molecular formula is C10H21NO. The van der Waals surface area contributed by atoms with Gasteiger partial charge in [-0.1, -0.05) is 13.3 Å². The summed E-state index contributed by atoms with van der Waals surface area (Å²) in [5, 5.41) is 0. The number of rotatable bonds is 6. The van der Waals surface area contributed by atoms with Crippen LogP contribution in [0.4, 0.5) is 0 Å². The fourth-order valence-corrected chi connectivity index (χ4v) is 1.39. The minimum absolute atomic E-state index is 0.107. The first-order valence-corrected chi connectivity index (χ1v) is 5.00. The normalized spacial score (nSPS) is 22.2. The van der Waals surface area contributed by atoms with Crippen LogP contribution < -0.4 is 5.73 Å². The van der Waals surface area contributed by atoms with Crippen molar-refractivity contribution < 1.29 is 4.74 Å². The lowest BCUT2D eigenvalue weighted by atomic mass is 9.99. The molecule has 12 heavy (non-hydrogen) atoms. The Hall–Kier alpha value is -0.0800. The summed E-state index contributed by atoms with van der Waals surface area (Å²) in [4.78, 5) is 0. The maximum absolute atomic E-state index is 6.01. The van der Waals surface area contributed by atoms with Crippen LogP contribution in [0, 0.1) is 5.92 Å². The minimum atomic E-state index is -0.107. The Morgan fingerprint density at radius 2 is 2.17 bits per heavy atom. The smallest absolute Gasteiger partial charge is 0.0643 e. The number of nitrogens with two attached hydrogens (primary N) is 1. The second-order valence-electron chi connectivity index (χ2n) is 4.36. The summed E-state index contributed by atoms with van der Waals surface area (Å²) in [6.45, 7) is 5.88. The Morgan fingerprint density at radius 1 is 1.50 bits per heavy atom. The predicted molar refractivity (Wildman–Crippen MR) is 51.0 cm³/mol. The molecular weight excluding hydrogens is 150 g/mol. The van der Waals surface area contributed by atoms with Gasteiger partial charge in [-0.05, 0) is 32.1 Å². The van der Waals surface area contributed by atoms with Crippen molar-refractivity contribution in [3.05, 3.63) is 0 Å². The van der Waals surface area contributed by atoms with E-state index < -0.39 is 0 Å². The zero-order valence-electron chi connectivity index (χ0n) is 8.31. The summed E-state index contributed by atoms with van der Waals surface area (Å²) >= 11 is 0. The highest BCUT2D eigenvalue weighted by Crippen LogP contribution is 2.29. The molecule has 0 radical (unpaired) electrons. The topological polar surface area (TPSA) is 35.2 Å². The van der Waals surface area contributed by atoms with E-state index >= 15 is 0 Å². The zero-order chi connectivity index (χ0) is 9.03. The second kappa shape index (κ2) is 4.24. The van der Waals surface area contributed by atoms with Gasteiger partial charge in [0.05, 0.1) is 6.61 Å². The lowest BCUT2D eigenvalue weighted by Gasteiger charge is -2.23. The van der Waals surface area contributed by atoms with E-state index in [0.717, 1.165) is 32.0 Å². The molecule has 2 heteroatoms. The summed E-state index contributed by atoms with van der Waals surface area (Å²) < 4.78 is 5.55. The molecule has 1 unspecified atom stereocenters. The van der Waals surface area contributed by atoms with Gasteiger partial charge in [0, 0.05) is 12.1 Å². The zero-order valence-corrected chi connectivity index (χ0v) is 8.31. The Balaban J connectivity index is 2.01. The van der Waals surface area contributed by atoms with Crippen LogP contribution in [0.2, 0.25) is 0 Å². The molecule has 0 aromatic rings. The van der Waals surface area contributed by atoms with Crippen molar-refractivity contribution in [1.82, 2.24) is 0 Å². The van der Waals surface area contributed by atoms with Crippen LogP contribution in [0.15, 0.2) is 0 Å². The Labute approximate surface area is 75.5 Å². The molecule has 1 saturated carbocycles. The quantitative estimate of drug-likeness (QED) is 0.662. The lowest BCUT2D eigenvalue weighted by Crippen LogP contribution is -2.41. The maximum Gasteiger partial charge on any atom is 0.0643 e. The number of hydrogen-bond donors (Lipinski definition) is 1. The van der Waals surface area contributed by atoms with Crippen LogP contribution >= 0.6 is 0 Å². The fourth-order valence-electron chi connectivity index (χ4n) is 1.39. The molecule has 72 valence electrons. The highest BCUT2D eigenvalue weighted by Gasteiger charge is 2.23. The van der Waals surface area contributed by atoms with Crippen LogP contribution in [0.1, 0.15) is 39.5 Å². The van der Waals surface area contributed by atoms with E-state index in [2.05, 4.69) is 13.8 Å². The molecule has 2 N–H and O–H groups in total. The molecule has 2 nitrogen and oxygen atoms in total. The number of ether oxygens (including phenoxy) is 1. The van der Waals surface area contributed by atoms with E-state index in [1.54, 1.807) is 0 Å². The molecule has 0 saturated heterocycles. The van der Waals surface area contributed by atoms with E-state index in [-0.39, 0.29) is 5.54 Å². The molecule has 0 amide bonds. The van der Waals surface area contributed by atoms with Crippen molar-refractivity contribution in [2.75, 3.05) is 13.2 Å². The molecule has 1 aliphatic rings. The summed E-state index contributed by atoms with van der Waals surface area (Å²) in [7, 11) is 0. The van der Waals surface area contributed by atoms with Gasteiger partial charge >= 0.3 is 0 Å². The molecule has 1 rings (SSSR count). The standard InChI is InChI=1S/C10H21NO/c1-3-6-10(2,11)8-12-7-9-4-5-9/h9H,3-8,11H2,1-2H3. The number of hydrogen-bond acceptors (Lipinski definition) is 2. The molecule has 0 aromatic carbocycles. The van der Waals surface area contributed by atoms with E-state index in [1.165, 1.54) is 12.8 Å². The van der Waals surface area contributed by atoms with Gasteiger partial charge in [-0.25, -0.2) is 0 Å². The molecule has 0 heterocycles. The summed E-state index contributed by atoms with van der Waals surface area (Å²) in [6.07, 6.45) is 4.90. The van der Waals surface area contributed by atoms with Crippen molar-refractivity contribution in [2.45, 2.75) is 45.1 Å². The minimum Gasteiger partial charge on any atom is -0.379 e. The first-order chi connectivity index (χ1) is 5.64. The average molecular weight is 171 g/mol. The highest BCUT2D eigenvalue weighted by atomic mass is 16.5.